The molecular weight excluding hydrogens is 280 g/mol. The first-order chi connectivity index (χ1) is 10.4. The van der Waals surface area contributed by atoms with Crippen molar-refractivity contribution in [2.45, 2.75) is 59.5 Å². The van der Waals surface area contributed by atoms with Crippen LogP contribution in [0.1, 0.15) is 45.7 Å². The molecule has 1 N–H and O–H groups in total. The van der Waals surface area contributed by atoms with Gasteiger partial charge in [-0.25, -0.2) is 4.68 Å². The van der Waals surface area contributed by atoms with Crippen LogP contribution >= 0.6 is 0 Å². The molecule has 2 heterocycles. The monoisotopic (exact) mass is 306 g/mol. The largest absolute Gasteiger partial charge is 0.354 e. The second kappa shape index (κ2) is 6.94. The SMILES string of the molecule is CCC(C(=O)NCCC(C)C)N1C(=O)CCn2nc(C)cc21. The highest BCUT2D eigenvalue weighted by atomic mass is 16.2. The average molecular weight is 306 g/mol. The molecule has 0 saturated carbocycles. The molecule has 1 atom stereocenters. The number of amides is 2. The number of fused-ring (bicyclic) bond motifs is 1. The highest BCUT2D eigenvalue weighted by Crippen LogP contribution is 2.25. The number of nitrogens with one attached hydrogen (secondary N) is 1. The minimum absolute atomic E-state index is 0.00161. The Kier molecular flexibility index (Phi) is 5.21. The maximum absolute atomic E-state index is 12.5. The normalized spacial score (nSPS) is 15.9. The van der Waals surface area contributed by atoms with Gasteiger partial charge in [-0.3, -0.25) is 14.5 Å². The van der Waals surface area contributed by atoms with E-state index in [2.05, 4.69) is 24.3 Å². The van der Waals surface area contributed by atoms with Crippen molar-refractivity contribution in [1.29, 1.82) is 0 Å². The lowest BCUT2D eigenvalue weighted by atomic mass is 10.1. The Morgan fingerprint density at radius 3 is 2.82 bits per heavy atom. The van der Waals surface area contributed by atoms with Crippen LogP contribution in [0.4, 0.5) is 5.82 Å². The summed E-state index contributed by atoms with van der Waals surface area (Å²) >= 11 is 0. The fourth-order valence-electron chi connectivity index (χ4n) is 2.76. The molecule has 6 heteroatoms. The van der Waals surface area contributed by atoms with Crippen molar-refractivity contribution < 1.29 is 9.59 Å². The van der Waals surface area contributed by atoms with Gasteiger partial charge in [-0.05, 0) is 25.7 Å². The van der Waals surface area contributed by atoms with E-state index in [-0.39, 0.29) is 11.8 Å². The number of hydrogen-bond donors (Lipinski definition) is 1. The van der Waals surface area contributed by atoms with Crippen LogP contribution < -0.4 is 10.2 Å². The zero-order valence-corrected chi connectivity index (χ0v) is 13.9. The van der Waals surface area contributed by atoms with Crippen molar-refractivity contribution in [2.75, 3.05) is 11.4 Å². The van der Waals surface area contributed by atoms with E-state index in [0.717, 1.165) is 17.9 Å². The van der Waals surface area contributed by atoms with E-state index in [1.807, 2.05) is 24.6 Å². The molecule has 1 aliphatic rings. The van der Waals surface area contributed by atoms with Crippen LogP contribution in [-0.4, -0.2) is 34.2 Å². The number of anilines is 1. The standard InChI is InChI=1S/C16H26N4O2/c1-5-13(16(22)17-8-6-11(2)3)20-14-10-12(4)18-19(14)9-7-15(20)21/h10-11,13H,5-9H2,1-4H3,(H,17,22). The van der Waals surface area contributed by atoms with Gasteiger partial charge in [0.15, 0.2) is 0 Å². The lowest BCUT2D eigenvalue weighted by Crippen LogP contribution is -2.52. The van der Waals surface area contributed by atoms with E-state index in [4.69, 9.17) is 0 Å². The highest BCUT2D eigenvalue weighted by molar-refractivity contribution is 6.00. The van der Waals surface area contributed by atoms with Crippen molar-refractivity contribution in [2.24, 2.45) is 5.92 Å². The van der Waals surface area contributed by atoms with Crippen molar-refractivity contribution in [3.63, 3.8) is 0 Å². The van der Waals surface area contributed by atoms with E-state index in [1.165, 1.54) is 0 Å². The summed E-state index contributed by atoms with van der Waals surface area (Å²) in [6, 6.07) is 1.41. The molecule has 1 aromatic rings. The molecule has 122 valence electrons. The Balaban J connectivity index is 2.15. The van der Waals surface area contributed by atoms with Crippen LogP contribution in [0.25, 0.3) is 0 Å². The maximum Gasteiger partial charge on any atom is 0.243 e. The molecule has 6 nitrogen and oxygen atoms in total. The van der Waals surface area contributed by atoms with Gasteiger partial charge in [0.05, 0.1) is 12.2 Å². The summed E-state index contributed by atoms with van der Waals surface area (Å²) in [6.07, 6.45) is 1.92. The number of aromatic nitrogens is 2. The lowest BCUT2D eigenvalue weighted by molar-refractivity contribution is -0.127. The summed E-state index contributed by atoms with van der Waals surface area (Å²) in [5.74, 6) is 1.20. The molecule has 0 radical (unpaired) electrons. The number of carbonyl (C=O) groups excluding carboxylic acids is 2. The van der Waals surface area contributed by atoms with E-state index in [9.17, 15) is 9.59 Å². The fourth-order valence-corrected chi connectivity index (χ4v) is 2.76. The molecule has 1 aromatic heterocycles. The zero-order valence-electron chi connectivity index (χ0n) is 13.9. The van der Waals surface area contributed by atoms with Crippen molar-refractivity contribution in [3.8, 4) is 0 Å². The summed E-state index contributed by atoms with van der Waals surface area (Å²) in [6.45, 7) is 9.31. The predicted molar refractivity (Wildman–Crippen MR) is 85.6 cm³/mol. The van der Waals surface area contributed by atoms with Crippen LogP contribution in [0.15, 0.2) is 6.07 Å². The molecule has 1 aliphatic heterocycles. The van der Waals surface area contributed by atoms with Crippen LogP contribution in [0.3, 0.4) is 0 Å². The van der Waals surface area contributed by atoms with Gasteiger partial charge < -0.3 is 5.32 Å². The molecule has 22 heavy (non-hydrogen) atoms. The summed E-state index contributed by atoms with van der Waals surface area (Å²) in [7, 11) is 0. The van der Waals surface area contributed by atoms with Crippen LogP contribution in [0.2, 0.25) is 0 Å². The average Bonchev–Trinajstić information content (AvgIpc) is 2.82. The maximum atomic E-state index is 12.5. The third-order valence-electron chi connectivity index (χ3n) is 3.96. The summed E-state index contributed by atoms with van der Waals surface area (Å²) in [5, 5.41) is 7.35. The zero-order chi connectivity index (χ0) is 16.3. The van der Waals surface area contributed by atoms with Gasteiger partial charge in [0.1, 0.15) is 11.9 Å². The van der Waals surface area contributed by atoms with Gasteiger partial charge in [0, 0.05) is 19.0 Å². The van der Waals surface area contributed by atoms with Crippen molar-refractivity contribution in [1.82, 2.24) is 15.1 Å². The van der Waals surface area contributed by atoms with E-state index in [1.54, 1.807) is 4.90 Å². The van der Waals surface area contributed by atoms with Crippen LogP contribution in [0, 0.1) is 12.8 Å². The summed E-state index contributed by atoms with van der Waals surface area (Å²) in [4.78, 5) is 26.5. The predicted octanol–water partition coefficient (Wildman–Crippen LogP) is 1.87. The molecule has 0 aliphatic carbocycles. The number of carbonyl (C=O) groups is 2. The van der Waals surface area contributed by atoms with Crippen LogP contribution in [-0.2, 0) is 16.1 Å². The topological polar surface area (TPSA) is 67.2 Å². The summed E-state index contributed by atoms with van der Waals surface area (Å²) < 4.78 is 1.82. The van der Waals surface area contributed by atoms with Crippen LogP contribution in [0.5, 0.6) is 0 Å². The first-order valence-electron chi connectivity index (χ1n) is 8.08. The molecule has 2 rings (SSSR count). The van der Waals surface area contributed by atoms with Gasteiger partial charge in [0.2, 0.25) is 11.8 Å². The number of aryl methyl sites for hydroxylation is 2. The molecule has 0 saturated heterocycles. The molecule has 0 spiro atoms. The number of rotatable bonds is 6. The molecule has 0 bridgehead atoms. The Morgan fingerprint density at radius 2 is 2.18 bits per heavy atom. The Labute approximate surface area is 131 Å². The first kappa shape index (κ1) is 16.5. The Morgan fingerprint density at radius 1 is 1.45 bits per heavy atom. The van der Waals surface area contributed by atoms with Gasteiger partial charge in [-0.2, -0.15) is 5.10 Å². The molecule has 0 fully saturated rings. The molecule has 2 amide bonds. The van der Waals surface area contributed by atoms with Gasteiger partial charge in [0.25, 0.3) is 0 Å². The lowest BCUT2D eigenvalue weighted by Gasteiger charge is -2.33. The van der Waals surface area contributed by atoms with Gasteiger partial charge in [-0.1, -0.05) is 20.8 Å². The smallest absolute Gasteiger partial charge is 0.243 e. The van der Waals surface area contributed by atoms with E-state index >= 15 is 0 Å². The second-order valence-electron chi connectivity index (χ2n) is 6.28. The Hall–Kier alpha value is -1.85. The second-order valence-corrected chi connectivity index (χ2v) is 6.28. The Bertz CT molecular complexity index is 550. The quantitative estimate of drug-likeness (QED) is 0.872. The first-order valence-corrected chi connectivity index (χ1v) is 8.08. The summed E-state index contributed by atoms with van der Waals surface area (Å²) in [5.41, 5.74) is 0.866. The molecular formula is C16H26N4O2. The number of nitrogens with zero attached hydrogens (tertiary/aromatic N) is 3. The van der Waals surface area contributed by atoms with E-state index < -0.39 is 6.04 Å². The number of hydrogen-bond acceptors (Lipinski definition) is 3. The van der Waals surface area contributed by atoms with Gasteiger partial charge >= 0.3 is 0 Å². The minimum atomic E-state index is -0.463. The minimum Gasteiger partial charge on any atom is -0.354 e. The third-order valence-corrected chi connectivity index (χ3v) is 3.96. The van der Waals surface area contributed by atoms with E-state index in [0.29, 0.717) is 31.8 Å². The highest BCUT2D eigenvalue weighted by Gasteiger charge is 2.34. The third kappa shape index (κ3) is 3.48. The van der Waals surface area contributed by atoms with Crippen molar-refractivity contribution >= 4 is 17.6 Å². The molecule has 1 unspecified atom stereocenters. The van der Waals surface area contributed by atoms with Gasteiger partial charge in [-0.15, -0.1) is 0 Å². The fraction of sp³-hybridized carbons (Fsp3) is 0.688. The van der Waals surface area contributed by atoms with Crippen molar-refractivity contribution in [3.05, 3.63) is 11.8 Å². The molecule has 0 aromatic carbocycles.